The molecule has 6 nitrogen and oxygen atoms in total. The van der Waals surface area contributed by atoms with Crippen LogP contribution >= 0.6 is 0 Å². The molecule has 0 unspecified atom stereocenters. The van der Waals surface area contributed by atoms with E-state index in [1.807, 2.05) is 0 Å². The van der Waals surface area contributed by atoms with E-state index in [1.165, 1.54) is 60.8 Å². The number of carbonyl (C=O) groups is 2. The molecule has 0 bridgehead atoms. The third kappa shape index (κ3) is 5.95. The van der Waals surface area contributed by atoms with E-state index < -0.39 is 0 Å². The van der Waals surface area contributed by atoms with Gasteiger partial charge in [0.2, 0.25) is 11.8 Å². The summed E-state index contributed by atoms with van der Waals surface area (Å²) in [4.78, 5) is 29.1. The minimum absolute atomic E-state index is 0. The Hall–Kier alpha value is -0.180. The smallest absolute Gasteiger partial charge is 0.222 e. The first-order valence-corrected chi connectivity index (χ1v) is 11.4. The number of hydrogen-bond acceptors (Lipinski definition) is 2. The fraction of sp³-hybridized carbons (Fsp3) is 0.905. The summed E-state index contributed by atoms with van der Waals surface area (Å²) in [6.45, 7) is 13.5. The van der Waals surface area contributed by atoms with Gasteiger partial charge in [0.15, 0.2) is 0 Å². The summed E-state index contributed by atoms with van der Waals surface area (Å²) < 4.78 is 2.49. The largest absolute Gasteiger partial charge is 1.00 e. The fourth-order valence-corrected chi connectivity index (χ4v) is 5.89. The van der Waals surface area contributed by atoms with E-state index in [9.17, 15) is 9.59 Å². The Balaban J connectivity index is 0.00000150. The van der Waals surface area contributed by atoms with Crippen LogP contribution in [0.1, 0.15) is 44.9 Å². The topological polar surface area (TPSA) is 40.6 Å². The molecule has 4 saturated heterocycles. The molecule has 8 heteroatoms. The van der Waals surface area contributed by atoms with E-state index in [4.69, 9.17) is 0 Å². The summed E-state index contributed by atoms with van der Waals surface area (Å²) in [5, 5.41) is 0. The lowest BCUT2D eigenvalue weighted by atomic mass is 10.1. The highest BCUT2D eigenvalue weighted by molar-refractivity contribution is 5.79. The Bertz CT molecular complexity index is 495. The number of hydrogen-bond donors (Lipinski definition) is 0. The average molecular weight is 538 g/mol. The first-order chi connectivity index (χ1) is 13.1. The van der Waals surface area contributed by atoms with Crippen molar-refractivity contribution in [3.63, 3.8) is 0 Å². The van der Waals surface area contributed by atoms with Gasteiger partial charge in [-0.05, 0) is 6.42 Å². The normalized spacial score (nSPS) is 25.0. The molecular weight excluding hydrogens is 500 g/mol. The highest BCUT2D eigenvalue weighted by Gasteiger charge is 2.38. The van der Waals surface area contributed by atoms with E-state index in [0.29, 0.717) is 19.3 Å². The molecule has 0 saturated carbocycles. The van der Waals surface area contributed by atoms with Gasteiger partial charge in [-0.3, -0.25) is 9.59 Å². The highest BCUT2D eigenvalue weighted by atomic mass is 79.9. The van der Waals surface area contributed by atoms with Crippen LogP contribution in [0, 0.1) is 0 Å². The predicted molar refractivity (Wildman–Crippen MR) is 105 cm³/mol. The Morgan fingerprint density at radius 3 is 1.17 bits per heavy atom. The number of carbonyl (C=O) groups excluding carboxylic acids is 2. The van der Waals surface area contributed by atoms with E-state index in [0.717, 1.165) is 52.4 Å². The van der Waals surface area contributed by atoms with Gasteiger partial charge in [-0.15, -0.1) is 0 Å². The van der Waals surface area contributed by atoms with Crippen molar-refractivity contribution in [2.24, 2.45) is 0 Å². The monoisotopic (exact) mass is 536 g/mol. The molecule has 4 heterocycles. The molecule has 4 aliphatic heterocycles. The Morgan fingerprint density at radius 2 is 0.862 bits per heavy atom. The van der Waals surface area contributed by atoms with Crippen LogP contribution < -0.4 is 34.0 Å². The molecular formula is C21H38Br2N4O2. The SMILES string of the molecule is O=C(CCCC(=O)N1CC[N+]2(CCCC2)CC1)N1CC[N+]2(CCCC2)CC1.[Br-].[Br-]. The zero-order valence-electron chi connectivity index (χ0n) is 17.8. The van der Waals surface area contributed by atoms with Crippen LogP contribution in [0.15, 0.2) is 0 Å². The number of nitrogens with zero attached hydrogens (tertiary/aromatic N) is 4. The summed E-state index contributed by atoms with van der Waals surface area (Å²) in [5.41, 5.74) is 0. The molecule has 0 radical (unpaired) electrons. The fourth-order valence-electron chi connectivity index (χ4n) is 5.89. The maximum absolute atomic E-state index is 12.5. The number of quaternary nitrogens is 2. The number of rotatable bonds is 4. The first kappa shape index (κ1) is 25.1. The predicted octanol–water partition coefficient (Wildman–Crippen LogP) is -4.93. The molecule has 0 atom stereocenters. The van der Waals surface area contributed by atoms with E-state index in [-0.39, 0.29) is 45.8 Å². The van der Waals surface area contributed by atoms with Crippen molar-refractivity contribution < 1.29 is 52.5 Å². The molecule has 0 aromatic heterocycles. The van der Waals surface area contributed by atoms with Crippen molar-refractivity contribution in [1.29, 1.82) is 0 Å². The van der Waals surface area contributed by atoms with Crippen LogP contribution in [0.3, 0.4) is 0 Å². The molecule has 4 aliphatic rings. The maximum atomic E-state index is 12.5. The second-order valence-electron chi connectivity index (χ2n) is 9.50. The summed E-state index contributed by atoms with van der Waals surface area (Å²) in [7, 11) is 0. The van der Waals surface area contributed by atoms with Crippen molar-refractivity contribution in [1.82, 2.24) is 9.80 Å². The second kappa shape index (κ2) is 10.9. The lowest BCUT2D eigenvalue weighted by Gasteiger charge is -2.42. The van der Waals surface area contributed by atoms with Crippen molar-refractivity contribution in [2.45, 2.75) is 44.9 Å². The van der Waals surface area contributed by atoms with Gasteiger partial charge < -0.3 is 52.7 Å². The van der Waals surface area contributed by atoms with Crippen LogP contribution in [0.25, 0.3) is 0 Å². The van der Waals surface area contributed by atoms with Crippen LogP contribution in [0.2, 0.25) is 0 Å². The van der Waals surface area contributed by atoms with Gasteiger partial charge in [-0.1, -0.05) is 0 Å². The van der Waals surface area contributed by atoms with E-state index in [2.05, 4.69) is 9.80 Å². The third-order valence-corrected chi connectivity index (χ3v) is 7.89. The third-order valence-electron chi connectivity index (χ3n) is 7.89. The number of halogens is 2. The molecule has 168 valence electrons. The summed E-state index contributed by atoms with van der Waals surface area (Å²) in [6, 6.07) is 0. The summed E-state index contributed by atoms with van der Waals surface area (Å²) in [6.07, 6.45) is 7.21. The molecule has 29 heavy (non-hydrogen) atoms. The van der Waals surface area contributed by atoms with Gasteiger partial charge >= 0.3 is 0 Å². The van der Waals surface area contributed by atoms with E-state index >= 15 is 0 Å². The summed E-state index contributed by atoms with van der Waals surface area (Å²) in [5.74, 6) is 0.528. The van der Waals surface area contributed by atoms with Gasteiger partial charge in [0.1, 0.15) is 0 Å². The highest BCUT2D eigenvalue weighted by Crippen LogP contribution is 2.24. The zero-order valence-corrected chi connectivity index (χ0v) is 21.0. The van der Waals surface area contributed by atoms with Crippen LogP contribution in [-0.2, 0) is 9.59 Å². The van der Waals surface area contributed by atoms with Crippen molar-refractivity contribution in [2.75, 3.05) is 78.5 Å². The van der Waals surface area contributed by atoms with Crippen molar-refractivity contribution in [3.05, 3.63) is 0 Å². The number of amides is 2. The number of piperazine rings is 2. The molecule has 4 fully saturated rings. The Morgan fingerprint density at radius 1 is 0.552 bits per heavy atom. The summed E-state index contributed by atoms with van der Waals surface area (Å²) >= 11 is 0. The molecule has 0 aromatic carbocycles. The van der Waals surface area contributed by atoms with E-state index in [1.54, 1.807) is 0 Å². The maximum Gasteiger partial charge on any atom is 0.222 e. The second-order valence-corrected chi connectivity index (χ2v) is 9.50. The minimum atomic E-state index is 0. The molecule has 0 aliphatic carbocycles. The Labute approximate surface area is 197 Å². The van der Waals surface area contributed by atoms with Gasteiger partial charge in [0.05, 0.1) is 78.5 Å². The van der Waals surface area contributed by atoms with Crippen LogP contribution in [0.5, 0.6) is 0 Å². The lowest BCUT2D eigenvalue weighted by molar-refractivity contribution is -0.920. The standard InChI is InChI=1S/C21H38N4O2.2BrH/c26-20(22-8-16-24(17-9-22)12-1-2-13-24)6-5-7-21(27)23-10-18-25(19-11-23)14-3-4-15-25;;/h1-19H2;2*1H/q+2;;/p-2. The lowest BCUT2D eigenvalue weighted by Crippen LogP contribution is -3.00. The average Bonchev–Trinajstić information content (AvgIpc) is 3.33. The van der Waals surface area contributed by atoms with Crippen molar-refractivity contribution in [3.8, 4) is 0 Å². The van der Waals surface area contributed by atoms with Gasteiger partial charge in [-0.25, -0.2) is 0 Å². The molecule has 0 N–H and O–H groups in total. The van der Waals surface area contributed by atoms with Gasteiger partial charge in [0, 0.05) is 38.5 Å². The van der Waals surface area contributed by atoms with Gasteiger partial charge in [-0.2, -0.15) is 0 Å². The molecule has 4 rings (SSSR count). The Kier molecular flexibility index (Phi) is 9.44. The zero-order chi connectivity index (χ0) is 18.7. The van der Waals surface area contributed by atoms with Gasteiger partial charge in [0.25, 0.3) is 0 Å². The van der Waals surface area contributed by atoms with Crippen LogP contribution in [-0.4, -0.2) is 109 Å². The first-order valence-electron chi connectivity index (χ1n) is 11.4. The van der Waals surface area contributed by atoms with Crippen molar-refractivity contribution >= 4 is 11.8 Å². The quantitative estimate of drug-likeness (QED) is 0.337. The molecule has 2 amide bonds. The van der Waals surface area contributed by atoms with Crippen LogP contribution in [0.4, 0.5) is 0 Å². The molecule has 2 spiro atoms. The molecule has 0 aromatic rings. The minimum Gasteiger partial charge on any atom is -1.00 e.